The van der Waals surface area contributed by atoms with Gasteiger partial charge in [-0.05, 0) is 38.8 Å². The number of likely N-dealkylation sites (tertiary alicyclic amines) is 1. The van der Waals surface area contributed by atoms with Crippen LogP contribution in [0.2, 0.25) is 5.02 Å². The van der Waals surface area contributed by atoms with E-state index in [4.69, 9.17) is 11.6 Å². The molecule has 4 rings (SSSR count). The van der Waals surface area contributed by atoms with Crippen LogP contribution in [0, 0.1) is 13.8 Å². The van der Waals surface area contributed by atoms with Gasteiger partial charge in [0, 0.05) is 43.6 Å². The molecule has 0 spiro atoms. The van der Waals surface area contributed by atoms with Crippen molar-refractivity contribution in [2.75, 3.05) is 13.1 Å². The van der Waals surface area contributed by atoms with Crippen LogP contribution in [0.4, 0.5) is 0 Å². The van der Waals surface area contributed by atoms with E-state index in [1.54, 1.807) is 0 Å². The second kappa shape index (κ2) is 9.18. The Balaban J connectivity index is 1.61. The summed E-state index contributed by atoms with van der Waals surface area (Å²) in [4.78, 5) is 20.1. The fourth-order valence-electron chi connectivity index (χ4n) is 4.15. The van der Waals surface area contributed by atoms with Crippen LogP contribution in [-0.4, -0.2) is 43.5 Å². The number of H-pyrrole nitrogens is 1. The normalized spacial score (nSPS) is 15.4. The highest BCUT2D eigenvalue weighted by atomic mass is 35.5. The van der Waals surface area contributed by atoms with Crippen molar-refractivity contribution in [3.05, 3.63) is 51.7 Å². The van der Waals surface area contributed by atoms with Crippen LogP contribution in [0.15, 0.2) is 18.3 Å². The monoisotopic (exact) mass is 428 g/mol. The smallest absolute Gasteiger partial charge is 0.274 e. The van der Waals surface area contributed by atoms with Crippen molar-refractivity contribution in [1.82, 2.24) is 29.8 Å². The Kier molecular flexibility index (Phi) is 6.39. The van der Waals surface area contributed by atoms with Crippen LogP contribution < -0.4 is 5.32 Å². The number of hydrogen-bond acceptors (Lipinski definition) is 4. The maximum Gasteiger partial charge on any atom is 0.274 e. The summed E-state index contributed by atoms with van der Waals surface area (Å²) < 4.78 is 1.93. The zero-order valence-corrected chi connectivity index (χ0v) is 18.4. The third-order valence-electron chi connectivity index (χ3n) is 5.90. The lowest BCUT2D eigenvalue weighted by atomic mass is 10.1. The fraction of sp³-hybridized carbons (Fsp3) is 0.500. The topological polar surface area (TPSA) is 78.3 Å². The first-order valence-electron chi connectivity index (χ1n) is 10.7. The number of pyridine rings is 1. The van der Waals surface area contributed by atoms with E-state index in [0.29, 0.717) is 23.8 Å². The van der Waals surface area contributed by atoms with Crippen molar-refractivity contribution in [3.8, 4) is 0 Å². The van der Waals surface area contributed by atoms with Crippen molar-refractivity contribution in [2.24, 2.45) is 0 Å². The quantitative estimate of drug-likeness (QED) is 0.643. The molecule has 1 saturated heterocycles. The molecule has 1 aliphatic heterocycles. The summed E-state index contributed by atoms with van der Waals surface area (Å²) >= 11 is 6.25. The minimum Gasteiger partial charge on any atom is -0.337 e. The molecule has 2 N–H and O–H groups in total. The Bertz CT molecular complexity index is 1010. The number of aryl methyl sites for hydroxylation is 2. The van der Waals surface area contributed by atoms with E-state index >= 15 is 0 Å². The van der Waals surface area contributed by atoms with Crippen LogP contribution in [0.25, 0.3) is 5.65 Å². The van der Waals surface area contributed by atoms with Gasteiger partial charge in [-0.15, -0.1) is 0 Å². The van der Waals surface area contributed by atoms with E-state index in [9.17, 15) is 4.79 Å². The number of aromatic nitrogens is 4. The second-order valence-electron chi connectivity index (χ2n) is 8.06. The van der Waals surface area contributed by atoms with Crippen LogP contribution in [0.3, 0.4) is 0 Å². The molecule has 8 heteroatoms. The number of carbonyl (C=O) groups excluding carboxylic acids is 1. The predicted molar refractivity (Wildman–Crippen MR) is 118 cm³/mol. The molecule has 0 saturated carbocycles. The molecule has 30 heavy (non-hydrogen) atoms. The first kappa shape index (κ1) is 20.9. The van der Waals surface area contributed by atoms with E-state index in [-0.39, 0.29) is 5.91 Å². The molecule has 0 radical (unpaired) electrons. The molecule has 1 amide bonds. The Morgan fingerprint density at radius 3 is 2.57 bits per heavy atom. The van der Waals surface area contributed by atoms with E-state index in [1.165, 1.54) is 19.3 Å². The van der Waals surface area contributed by atoms with Crippen molar-refractivity contribution in [3.63, 3.8) is 0 Å². The number of rotatable bonds is 5. The average molecular weight is 429 g/mol. The minimum absolute atomic E-state index is 0.0178. The Morgan fingerprint density at radius 1 is 1.13 bits per heavy atom. The number of hydrogen-bond donors (Lipinski definition) is 2. The van der Waals surface area contributed by atoms with Gasteiger partial charge in [-0.25, -0.2) is 4.98 Å². The lowest BCUT2D eigenvalue weighted by Crippen LogP contribution is -2.35. The van der Waals surface area contributed by atoms with Crippen LogP contribution in [0.1, 0.15) is 65.2 Å². The third-order valence-corrected chi connectivity index (χ3v) is 6.13. The van der Waals surface area contributed by atoms with Gasteiger partial charge in [0.2, 0.25) is 0 Å². The van der Waals surface area contributed by atoms with Crippen molar-refractivity contribution < 1.29 is 4.79 Å². The predicted octanol–water partition coefficient (Wildman–Crippen LogP) is 4.02. The molecule has 0 aromatic carbocycles. The molecule has 7 nitrogen and oxygen atoms in total. The number of imidazole rings is 1. The maximum atomic E-state index is 13.4. The molecule has 160 valence electrons. The average Bonchev–Trinajstić information content (AvgIpc) is 3.21. The summed E-state index contributed by atoms with van der Waals surface area (Å²) in [5.74, 6) is 0.0178. The lowest BCUT2D eigenvalue weighted by molar-refractivity contribution is 0.0735. The van der Waals surface area contributed by atoms with Gasteiger partial charge >= 0.3 is 0 Å². The summed E-state index contributed by atoms with van der Waals surface area (Å²) in [6, 6.07) is 3.67. The summed E-state index contributed by atoms with van der Waals surface area (Å²) in [6.45, 7) is 6.79. The molecule has 3 aromatic heterocycles. The van der Waals surface area contributed by atoms with Gasteiger partial charge in [-0.2, -0.15) is 5.10 Å². The molecular weight excluding hydrogens is 400 g/mol. The highest BCUT2D eigenvalue weighted by Gasteiger charge is 2.24. The molecule has 0 aliphatic carbocycles. The van der Waals surface area contributed by atoms with Crippen molar-refractivity contribution in [1.29, 1.82) is 0 Å². The zero-order valence-electron chi connectivity index (χ0n) is 17.7. The Hall–Kier alpha value is -2.38. The summed E-state index contributed by atoms with van der Waals surface area (Å²) in [7, 11) is 0. The van der Waals surface area contributed by atoms with E-state index in [2.05, 4.69) is 20.5 Å². The number of nitrogens with one attached hydrogen (secondary N) is 2. The van der Waals surface area contributed by atoms with E-state index in [0.717, 1.165) is 54.2 Å². The highest BCUT2D eigenvalue weighted by Crippen LogP contribution is 2.20. The van der Waals surface area contributed by atoms with Gasteiger partial charge in [-0.1, -0.05) is 30.9 Å². The number of carbonyl (C=O) groups is 1. The van der Waals surface area contributed by atoms with Crippen molar-refractivity contribution in [2.45, 2.75) is 59.0 Å². The third kappa shape index (κ3) is 4.37. The first-order chi connectivity index (χ1) is 14.5. The SMILES string of the molecule is Cc1n[nH]c(C)c1CNCc1c(C(=O)N2CCCCCCC2)nc2ccc(Cl)cn12. The van der Waals surface area contributed by atoms with Gasteiger partial charge in [0.25, 0.3) is 5.91 Å². The molecule has 0 unspecified atom stereocenters. The van der Waals surface area contributed by atoms with E-state index in [1.807, 2.05) is 41.5 Å². The zero-order chi connectivity index (χ0) is 21.1. The summed E-state index contributed by atoms with van der Waals surface area (Å²) in [5.41, 5.74) is 5.29. The molecule has 0 bridgehead atoms. The largest absolute Gasteiger partial charge is 0.337 e. The fourth-order valence-corrected chi connectivity index (χ4v) is 4.31. The standard InChI is InChI=1S/C22H29ClN6O/c1-15-18(16(2)27-26-15)12-24-13-19-21(25-20-9-8-17(23)14-29(19)20)22(30)28-10-6-4-3-5-7-11-28/h8-9,14,24H,3-7,10-13H2,1-2H3,(H,26,27). The number of nitrogens with zero attached hydrogens (tertiary/aromatic N) is 4. The molecule has 1 fully saturated rings. The number of aromatic amines is 1. The van der Waals surface area contributed by atoms with Crippen LogP contribution in [0.5, 0.6) is 0 Å². The summed E-state index contributed by atoms with van der Waals surface area (Å²) in [6.07, 6.45) is 7.57. The number of halogens is 1. The van der Waals surface area contributed by atoms with Gasteiger partial charge in [0.15, 0.2) is 5.69 Å². The van der Waals surface area contributed by atoms with Gasteiger partial charge in [0.1, 0.15) is 5.65 Å². The molecule has 1 aliphatic rings. The maximum absolute atomic E-state index is 13.4. The highest BCUT2D eigenvalue weighted by molar-refractivity contribution is 6.30. The number of amides is 1. The molecule has 3 aromatic rings. The molecule has 0 atom stereocenters. The Labute approximate surface area is 181 Å². The van der Waals surface area contributed by atoms with Crippen molar-refractivity contribution >= 4 is 23.2 Å². The van der Waals surface area contributed by atoms with Gasteiger partial charge in [0.05, 0.1) is 16.4 Å². The first-order valence-corrected chi connectivity index (χ1v) is 11.1. The van der Waals surface area contributed by atoms with Crippen LogP contribution in [-0.2, 0) is 13.1 Å². The molecule has 4 heterocycles. The second-order valence-corrected chi connectivity index (χ2v) is 8.50. The summed E-state index contributed by atoms with van der Waals surface area (Å²) in [5, 5.41) is 11.4. The van der Waals surface area contributed by atoms with Gasteiger partial charge < -0.3 is 14.6 Å². The minimum atomic E-state index is 0.0178. The number of fused-ring (bicyclic) bond motifs is 1. The Morgan fingerprint density at radius 2 is 1.87 bits per heavy atom. The lowest BCUT2D eigenvalue weighted by Gasteiger charge is -2.24. The molecular formula is C22H29ClN6O. The van der Waals surface area contributed by atoms with Gasteiger partial charge in [-0.3, -0.25) is 9.89 Å². The van der Waals surface area contributed by atoms with E-state index < -0.39 is 0 Å². The van der Waals surface area contributed by atoms with Crippen LogP contribution >= 0.6 is 11.6 Å².